The van der Waals surface area contributed by atoms with Crippen LogP contribution in [0.1, 0.15) is 46.5 Å². The molecule has 0 aromatic heterocycles. The quantitative estimate of drug-likeness (QED) is 0.376. The molecular formula is C10H22N2O. The van der Waals surface area contributed by atoms with Crippen LogP contribution < -0.4 is 11.3 Å². The van der Waals surface area contributed by atoms with Gasteiger partial charge >= 0.3 is 0 Å². The summed E-state index contributed by atoms with van der Waals surface area (Å²) in [6.07, 6.45) is 3.81. The van der Waals surface area contributed by atoms with Crippen LogP contribution in [0.4, 0.5) is 0 Å². The zero-order chi connectivity index (χ0) is 10.3. The van der Waals surface area contributed by atoms with Crippen LogP contribution >= 0.6 is 0 Å². The van der Waals surface area contributed by atoms with E-state index in [-0.39, 0.29) is 5.41 Å². The van der Waals surface area contributed by atoms with Crippen LogP contribution in [0.15, 0.2) is 0 Å². The van der Waals surface area contributed by atoms with Crippen LogP contribution in [-0.2, 0) is 4.79 Å². The van der Waals surface area contributed by atoms with Crippen molar-refractivity contribution in [1.82, 2.24) is 5.43 Å². The number of Topliss-reactive ketones (excluding diaryl/α,β-unsaturated/α-hetero) is 1. The molecule has 0 aromatic carbocycles. The second kappa shape index (κ2) is 6.11. The largest absolute Gasteiger partial charge is 0.299 e. The maximum absolute atomic E-state index is 11.5. The lowest BCUT2D eigenvalue weighted by Crippen LogP contribution is -2.23. The lowest BCUT2D eigenvalue weighted by Gasteiger charge is -2.15. The molecule has 3 nitrogen and oxygen atoms in total. The molecule has 0 amide bonds. The molecule has 0 bridgehead atoms. The monoisotopic (exact) mass is 186 g/mol. The number of hydrogen-bond donors (Lipinski definition) is 2. The lowest BCUT2D eigenvalue weighted by atomic mass is 9.88. The molecule has 0 radical (unpaired) electrons. The van der Waals surface area contributed by atoms with Crippen LogP contribution in [0.25, 0.3) is 0 Å². The van der Waals surface area contributed by atoms with Gasteiger partial charge in [-0.25, -0.2) is 0 Å². The molecule has 13 heavy (non-hydrogen) atoms. The van der Waals surface area contributed by atoms with Crippen LogP contribution in [-0.4, -0.2) is 12.3 Å². The van der Waals surface area contributed by atoms with E-state index in [1.54, 1.807) is 0 Å². The Bertz CT molecular complexity index is 149. The van der Waals surface area contributed by atoms with Gasteiger partial charge in [-0.15, -0.1) is 0 Å². The summed E-state index contributed by atoms with van der Waals surface area (Å²) in [5.74, 6) is 5.48. The third-order valence-corrected chi connectivity index (χ3v) is 2.06. The fourth-order valence-electron chi connectivity index (χ4n) is 1.06. The van der Waals surface area contributed by atoms with Crippen molar-refractivity contribution in [3.63, 3.8) is 0 Å². The van der Waals surface area contributed by atoms with Crippen molar-refractivity contribution in [3.05, 3.63) is 0 Å². The van der Waals surface area contributed by atoms with Gasteiger partial charge in [0.2, 0.25) is 0 Å². The first-order valence-electron chi connectivity index (χ1n) is 4.95. The Morgan fingerprint density at radius 3 is 2.31 bits per heavy atom. The number of rotatable bonds is 6. The predicted octanol–water partition coefficient (Wildman–Crippen LogP) is 1.63. The van der Waals surface area contributed by atoms with Gasteiger partial charge in [-0.05, 0) is 12.8 Å². The molecular weight excluding hydrogens is 164 g/mol. The van der Waals surface area contributed by atoms with Crippen LogP contribution in [0.3, 0.4) is 0 Å². The molecule has 0 saturated carbocycles. The molecule has 0 aromatic rings. The van der Waals surface area contributed by atoms with E-state index in [4.69, 9.17) is 5.84 Å². The first-order valence-corrected chi connectivity index (χ1v) is 4.95. The zero-order valence-corrected chi connectivity index (χ0v) is 9.02. The molecule has 0 heterocycles. The number of ketones is 1. The lowest BCUT2D eigenvalue weighted by molar-refractivity contribution is -0.126. The Morgan fingerprint density at radius 2 is 1.85 bits per heavy atom. The SMILES string of the molecule is CC(C)(C)C(=O)CCCCCNN. The number of hydrogen-bond acceptors (Lipinski definition) is 3. The number of hydrazine groups is 1. The molecule has 0 saturated heterocycles. The number of unbranched alkanes of at least 4 members (excludes halogenated alkanes) is 2. The number of nitrogens with two attached hydrogens (primary N) is 1. The van der Waals surface area contributed by atoms with Crippen molar-refractivity contribution in [2.24, 2.45) is 11.3 Å². The first kappa shape index (κ1) is 12.6. The highest BCUT2D eigenvalue weighted by Gasteiger charge is 2.19. The van der Waals surface area contributed by atoms with Crippen molar-refractivity contribution in [2.45, 2.75) is 46.5 Å². The van der Waals surface area contributed by atoms with Gasteiger partial charge in [0.05, 0.1) is 0 Å². The Kier molecular flexibility index (Phi) is 5.91. The van der Waals surface area contributed by atoms with E-state index >= 15 is 0 Å². The maximum Gasteiger partial charge on any atom is 0.138 e. The van der Waals surface area contributed by atoms with Gasteiger partial charge in [-0.1, -0.05) is 27.2 Å². The van der Waals surface area contributed by atoms with E-state index in [1.807, 2.05) is 20.8 Å². The van der Waals surface area contributed by atoms with E-state index in [2.05, 4.69) is 5.43 Å². The molecule has 0 spiro atoms. The van der Waals surface area contributed by atoms with Gasteiger partial charge in [-0.2, -0.15) is 0 Å². The standard InChI is InChI=1S/C10H22N2O/c1-10(2,3)9(13)7-5-4-6-8-12-11/h12H,4-8,11H2,1-3H3. The fourth-order valence-corrected chi connectivity index (χ4v) is 1.06. The molecule has 0 aliphatic rings. The molecule has 0 fully saturated rings. The summed E-state index contributed by atoms with van der Waals surface area (Å²) in [4.78, 5) is 11.5. The number of nitrogens with one attached hydrogen (secondary N) is 1. The van der Waals surface area contributed by atoms with Crippen molar-refractivity contribution >= 4 is 5.78 Å². The first-order chi connectivity index (χ1) is 5.98. The molecule has 3 N–H and O–H groups in total. The Morgan fingerprint density at radius 1 is 1.23 bits per heavy atom. The minimum Gasteiger partial charge on any atom is -0.299 e. The van der Waals surface area contributed by atoms with Gasteiger partial charge < -0.3 is 0 Å². The zero-order valence-electron chi connectivity index (χ0n) is 9.02. The van der Waals surface area contributed by atoms with Crippen molar-refractivity contribution in [1.29, 1.82) is 0 Å². The second-order valence-corrected chi connectivity index (χ2v) is 4.44. The van der Waals surface area contributed by atoms with E-state index in [1.165, 1.54) is 0 Å². The van der Waals surface area contributed by atoms with Crippen LogP contribution in [0.2, 0.25) is 0 Å². The molecule has 0 aliphatic heterocycles. The maximum atomic E-state index is 11.5. The van der Waals surface area contributed by atoms with E-state index in [9.17, 15) is 4.79 Å². The van der Waals surface area contributed by atoms with Gasteiger partial charge in [0.1, 0.15) is 5.78 Å². The third kappa shape index (κ3) is 6.72. The highest BCUT2D eigenvalue weighted by molar-refractivity contribution is 5.83. The summed E-state index contributed by atoms with van der Waals surface area (Å²) in [6.45, 7) is 6.74. The summed E-state index contributed by atoms with van der Waals surface area (Å²) < 4.78 is 0. The van der Waals surface area contributed by atoms with Crippen molar-refractivity contribution in [3.8, 4) is 0 Å². The van der Waals surface area contributed by atoms with Crippen LogP contribution in [0.5, 0.6) is 0 Å². The predicted molar refractivity (Wildman–Crippen MR) is 55.1 cm³/mol. The van der Waals surface area contributed by atoms with Gasteiger partial charge in [0, 0.05) is 18.4 Å². The number of carbonyl (C=O) groups is 1. The minimum absolute atomic E-state index is 0.174. The third-order valence-electron chi connectivity index (χ3n) is 2.06. The summed E-state index contributed by atoms with van der Waals surface area (Å²) >= 11 is 0. The van der Waals surface area contributed by atoms with Gasteiger partial charge in [0.25, 0.3) is 0 Å². The Hall–Kier alpha value is -0.410. The van der Waals surface area contributed by atoms with E-state index in [0.717, 1.165) is 25.8 Å². The average Bonchev–Trinajstić information content (AvgIpc) is 2.02. The fraction of sp³-hybridized carbons (Fsp3) is 0.900. The van der Waals surface area contributed by atoms with Crippen LogP contribution in [0, 0.1) is 5.41 Å². The normalized spacial score (nSPS) is 11.7. The summed E-state index contributed by atoms with van der Waals surface area (Å²) in [6, 6.07) is 0. The van der Waals surface area contributed by atoms with E-state index < -0.39 is 0 Å². The second-order valence-electron chi connectivity index (χ2n) is 4.44. The summed E-state index contributed by atoms with van der Waals surface area (Å²) in [5, 5.41) is 0. The molecule has 0 atom stereocenters. The topological polar surface area (TPSA) is 55.1 Å². The smallest absolute Gasteiger partial charge is 0.138 e. The molecule has 3 heteroatoms. The molecule has 0 rings (SSSR count). The number of carbonyl (C=O) groups excluding carboxylic acids is 1. The molecule has 78 valence electrons. The van der Waals surface area contributed by atoms with Crippen molar-refractivity contribution in [2.75, 3.05) is 6.54 Å². The molecule has 0 unspecified atom stereocenters. The summed E-state index contributed by atoms with van der Waals surface area (Å²) in [7, 11) is 0. The Labute approximate surface area is 81.0 Å². The minimum atomic E-state index is -0.174. The highest BCUT2D eigenvalue weighted by Crippen LogP contribution is 2.18. The highest BCUT2D eigenvalue weighted by atomic mass is 16.1. The van der Waals surface area contributed by atoms with Gasteiger partial charge in [0.15, 0.2) is 0 Å². The average molecular weight is 186 g/mol. The van der Waals surface area contributed by atoms with E-state index in [0.29, 0.717) is 12.2 Å². The Balaban J connectivity index is 3.38. The summed E-state index contributed by atoms with van der Waals surface area (Å²) in [5.41, 5.74) is 2.43. The van der Waals surface area contributed by atoms with Gasteiger partial charge in [-0.3, -0.25) is 16.1 Å². The molecule has 0 aliphatic carbocycles. The van der Waals surface area contributed by atoms with Crippen molar-refractivity contribution < 1.29 is 4.79 Å².